The normalized spacial score (nSPS) is 15.5. The first-order valence-corrected chi connectivity index (χ1v) is 11.9. The van der Waals surface area contributed by atoms with Crippen LogP contribution in [0.15, 0.2) is 78.9 Å². The van der Waals surface area contributed by atoms with Crippen LogP contribution in [0.1, 0.15) is 27.5 Å². The highest BCUT2D eigenvalue weighted by Crippen LogP contribution is 2.31. The highest BCUT2D eigenvalue weighted by atomic mass is 35.5. The van der Waals surface area contributed by atoms with Crippen molar-refractivity contribution in [3.8, 4) is 11.5 Å². The molecule has 0 aliphatic carbocycles. The number of ether oxygens (including phenoxy) is 3. The minimum Gasteiger partial charge on any atom is -0.486 e. The topological polar surface area (TPSA) is 51.2 Å². The summed E-state index contributed by atoms with van der Waals surface area (Å²) < 4.78 is 16.6. The third-order valence-electron chi connectivity index (χ3n) is 6.42. The minimum absolute atomic E-state index is 0. The maximum Gasteiger partial charge on any atom is 0.338 e. The first-order chi connectivity index (χ1) is 16.8. The second kappa shape index (κ2) is 13.5. The molecule has 0 radical (unpaired) electrons. The molecule has 5 rings (SSSR count). The molecule has 2 aliphatic heterocycles. The summed E-state index contributed by atoms with van der Waals surface area (Å²) in [6, 6.07) is 26.8. The third-order valence-corrected chi connectivity index (χ3v) is 6.42. The quantitative estimate of drug-likeness (QED) is 0.406. The molecule has 192 valence electrons. The van der Waals surface area contributed by atoms with Crippen LogP contribution < -0.4 is 9.47 Å². The van der Waals surface area contributed by atoms with Crippen molar-refractivity contribution in [3.63, 3.8) is 0 Å². The molecule has 0 atom stereocenters. The lowest BCUT2D eigenvalue weighted by molar-refractivity contribution is 0.0406. The van der Waals surface area contributed by atoms with E-state index in [0.717, 1.165) is 32.7 Å². The van der Waals surface area contributed by atoms with Crippen molar-refractivity contribution >= 4 is 30.8 Å². The molecule has 0 amide bonds. The molecular formula is C28H32Cl2N2O4. The van der Waals surface area contributed by atoms with E-state index in [1.54, 1.807) is 18.2 Å². The Morgan fingerprint density at radius 2 is 1.36 bits per heavy atom. The summed E-state index contributed by atoms with van der Waals surface area (Å²) in [6.07, 6.45) is 0. The molecule has 3 aromatic carbocycles. The van der Waals surface area contributed by atoms with Crippen LogP contribution in [0.5, 0.6) is 11.5 Å². The number of hydrogen-bond donors (Lipinski definition) is 0. The molecule has 2 aliphatic rings. The van der Waals surface area contributed by atoms with E-state index in [1.165, 1.54) is 11.1 Å². The Labute approximate surface area is 225 Å². The van der Waals surface area contributed by atoms with Crippen LogP contribution in [0.2, 0.25) is 0 Å². The summed E-state index contributed by atoms with van der Waals surface area (Å²) in [4.78, 5) is 17.4. The summed E-state index contributed by atoms with van der Waals surface area (Å²) in [5, 5.41) is 0. The number of rotatable bonds is 7. The van der Waals surface area contributed by atoms with Crippen molar-refractivity contribution in [2.24, 2.45) is 0 Å². The predicted octanol–water partition coefficient (Wildman–Crippen LogP) is 4.87. The van der Waals surface area contributed by atoms with Gasteiger partial charge in [-0.2, -0.15) is 0 Å². The van der Waals surface area contributed by atoms with Gasteiger partial charge in [0.25, 0.3) is 0 Å². The van der Waals surface area contributed by atoms with Gasteiger partial charge < -0.3 is 14.2 Å². The van der Waals surface area contributed by atoms with Crippen LogP contribution in [0, 0.1) is 0 Å². The van der Waals surface area contributed by atoms with E-state index >= 15 is 0 Å². The maximum atomic E-state index is 12.5. The van der Waals surface area contributed by atoms with E-state index in [4.69, 9.17) is 14.2 Å². The van der Waals surface area contributed by atoms with Gasteiger partial charge in [-0.25, -0.2) is 4.79 Å². The molecule has 6 nitrogen and oxygen atoms in total. The predicted molar refractivity (Wildman–Crippen MR) is 145 cm³/mol. The number of nitrogens with zero attached hydrogens (tertiary/aromatic N) is 2. The number of benzene rings is 3. The van der Waals surface area contributed by atoms with Gasteiger partial charge in [-0.05, 0) is 29.3 Å². The zero-order valence-electron chi connectivity index (χ0n) is 20.1. The molecule has 8 heteroatoms. The Bertz CT molecular complexity index is 1050. The molecule has 0 aromatic heterocycles. The first kappa shape index (κ1) is 27.8. The zero-order chi connectivity index (χ0) is 23.2. The fourth-order valence-corrected chi connectivity index (χ4v) is 4.65. The summed E-state index contributed by atoms with van der Waals surface area (Å²) >= 11 is 0. The molecule has 0 spiro atoms. The maximum absolute atomic E-state index is 12.5. The monoisotopic (exact) mass is 530 g/mol. The van der Waals surface area contributed by atoms with E-state index in [1.807, 2.05) is 0 Å². The molecule has 0 unspecified atom stereocenters. The summed E-state index contributed by atoms with van der Waals surface area (Å²) in [5.41, 5.74) is 3.12. The molecule has 1 saturated heterocycles. The van der Waals surface area contributed by atoms with Crippen LogP contribution in [0.25, 0.3) is 0 Å². The molecule has 0 saturated carbocycles. The number of halogens is 2. The van der Waals surface area contributed by atoms with Gasteiger partial charge >= 0.3 is 5.97 Å². The molecule has 3 aromatic rings. The van der Waals surface area contributed by atoms with Gasteiger partial charge in [-0.1, -0.05) is 60.7 Å². The van der Waals surface area contributed by atoms with Gasteiger partial charge in [-0.15, -0.1) is 24.8 Å². The fraction of sp³-hybridized carbons (Fsp3) is 0.321. The van der Waals surface area contributed by atoms with Gasteiger partial charge in [0.05, 0.1) is 11.6 Å². The smallest absolute Gasteiger partial charge is 0.338 e. The van der Waals surface area contributed by atoms with E-state index in [-0.39, 0.29) is 36.8 Å². The largest absolute Gasteiger partial charge is 0.486 e. The standard InChI is InChI=1S/C28H30N2O4.2ClH/c31-28(24-11-12-25-26(21-24)33-20-19-32-25)34-18-17-29-13-15-30(16-14-29)27(22-7-3-1-4-8-22)23-9-5-2-6-10-23;;/h1-12,21,27H,13-20H2;2*1H. The third kappa shape index (κ3) is 6.71. The van der Waals surface area contributed by atoms with Crippen molar-refractivity contribution < 1.29 is 19.0 Å². The van der Waals surface area contributed by atoms with E-state index in [9.17, 15) is 4.79 Å². The van der Waals surface area contributed by atoms with Gasteiger partial charge in [0.1, 0.15) is 19.8 Å². The molecule has 2 heterocycles. The van der Waals surface area contributed by atoms with Crippen LogP contribution in [0.3, 0.4) is 0 Å². The lowest BCUT2D eigenvalue weighted by Crippen LogP contribution is -2.48. The Morgan fingerprint density at radius 1 is 0.778 bits per heavy atom. The van der Waals surface area contributed by atoms with Crippen molar-refractivity contribution in [2.75, 3.05) is 52.5 Å². The van der Waals surface area contributed by atoms with E-state index in [2.05, 4.69) is 70.5 Å². The first-order valence-electron chi connectivity index (χ1n) is 11.9. The van der Waals surface area contributed by atoms with Crippen molar-refractivity contribution in [1.82, 2.24) is 9.80 Å². The van der Waals surface area contributed by atoms with Crippen molar-refractivity contribution in [3.05, 3.63) is 95.6 Å². The average Bonchev–Trinajstić information content (AvgIpc) is 2.90. The Kier molecular flexibility index (Phi) is 10.4. The lowest BCUT2D eigenvalue weighted by atomic mass is 9.96. The van der Waals surface area contributed by atoms with Crippen LogP contribution in [-0.4, -0.2) is 68.3 Å². The van der Waals surface area contributed by atoms with Crippen LogP contribution in [0.4, 0.5) is 0 Å². The molecule has 36 heavy (non-hydrogen) atoms. The van der Waals surface area contributed by atoms with Crippen molar-refractivity contribution in [1.29, 1.82) is 0 Å². The number of carbonyl (C=O) groups excluding carboxylic acids is 1. The summed E-state index contributed by atoms with van der Waals surface area (Å²) in [7, 11) is 0. The number of carbonyl (C=O) groups is 1. The fourth-order valence-electron chi connectivity index (χ4n) is 4.65. The van der Waals surface area contributed by atoms with Gasteiger partial charge in [0.2, 0.25) is 0 Å². The van der Waals surface area contributed by atoms with Gasteiger partial charge in [0.15, 0.2) is 11.5 Å². The number of piperazine rings is 1. The molecule has 0 bridgehead atoms. The Balaban J connectivity index is 0.00000180. The molecule has 0 N–H and O–H groups in total. The van der Waals surface area contributed by atoms with Crippen LogP contribution >= 0.6 is 24.8 Å². The number of hydrogen-bond acceptors (Lipinski definition) is 6. The zero-order valence-corrected chi connectivity index (χ0v) is 21.7. The lowest BCUT2D eigenvalue weighted by Gasteiger charge is -2.39. The molecule has 1 fully saturated rings. The number of fused-ring (bicyclic) bond motifs is 1. The van der Waals surface area contributed by atoms with E-state index < -0.39 is 0 Å². The minimum atomic E-state index is -0.330. The van der Waals surface area contributed by atoms with Gasteiger partial charge in [-0.3, -0.25) is 9.80 Å². The summed E-state index contributed by atoms with van der Waals surface area (Å²) in [6.45, 7) is 5.93. The SMILES string of the molecule is Cl.Cl.O=C(OCCN1CCN(C(c2ccccc2)c2ccccc2)CC1)c1ccc2c(c1)OCCO2. The Morgan fingerprint density at radius 3 is 1.97 bits per heavy atom. The highest BCUT2D eigenvalue weighted by molar-refractivity contribution is 5.90. The van der Waals surface area contributed by atoms with E-state index in [0.29, 0.717) is 36.9 Å². The second-order valence-electron chi connectivity index (χ2n) is 8.60. The van der Waals surface area contributed by atoms with Gasteiger partial charge in [0, 0.05) is 32.7 Å². The highest BCUT2D eigenvalue weighted by Gasteiger charge is 2.26. The second-order valence-corrected chi connectivity index (χ2v) is 8.60. The Hall–Kier alpha value is -2.77. The average molecular weight is 531 g/mol. The summed E-state index contributed by atoms with van der Waals surface area (Å²) in [5.74, 6) is 0.942. The number of esters is 1. The van der Waals surface area contributed by atoms with Crippen molar-refractivity contribution in [2.45, 2.75) is 6.04 Å². The molecular weight excluding hydrogens is 499 g/mol. The van der Waals surface area contributed by atoms with Crippen LogP contribution in [-0.2, 0) is 4.74 Å².